The van der Waals surface area contributed by atoms with E-state index in [1.807, 2.05) is 16.5 Å². The smallest absolute Gasteiger partial charge is 0.233 e. The van der Waals surface area contributed by atoms with E-state index in [0.29, 0.717) is 38.5 Å². The third-order valence-corrected chi connectivity index (χ3v) is 5.85. The third-order valence-electron chi connectivity index (χ3n) is 4.84. The van der Waals surface area contributed by atoms with Crippen molar-refractivity contribution in [3.63, 3.8) is 0 Å². The zero-order chi connectivity index (χ0) is 18.6. The summed E-state index contributed by atoms with van der Waals surface area (Å²) in [7, 11) is 1.96. The van der Waals surface area contributed by atoms with Crippen LogP contribution in [0.3, 0.4) is 0 Å². The molecule has 0 aliphatic carbocycles. The van der Waals surface area contributed by atoms with Gasteiger partial charge in [-0.3, -0.25) is 4.79 Å². The van der Waals surface area contributed by atoms with E-state index in [4.69, 9.17) is 4.74 Å². The van der Waals surface area contributed by atoms with Crippen molar-refractivity contribution >= 4 is 28.4 Å². The first-order chi connectivity index (χ1) is 13.2. The lowest BCUT2D eigenvalue weighted by Crippen LogP contribution is -2.41. The Kier molecular flexibility index (Phi) is 5.40. The molecule has 1 aliphatic rings. The lowest BCUT2D eigenvalue weighted by atomic mass is 10.0. The van der Waals surface area contributed by atoms with Gasteiger partial charge in [-0.15, -0.1) is 10.2 Å². The van der Waals surface area contributed by atoms with Crippen molar-refractivity contribution in [3.8, 4) is 0 Å². The number of thioether (sulfide) groups is 1. The molecule has 2 aromatic carbocycles. The summed E-state index contributed by atoms with van der Waals surface area (Å²) in [6.07, 6.45) is 0.711. The summed E-state index contributed by atoms with van der Waals surface area (Å²) in [4.78, 5) is 14.2. The first-order valence-corrected chi connectivity index (χ1v) is 10.0. The molecule has 0 bridgehead atoms. The summed E-state index contributed by atoms with van der Waals surface area (Å²) in [5, 5.41) is 11.9. The molecule has 140 valence electrons. The quantitative estimate of drug-likeness (QED) is 0.635. The van der Waals surface area contributed by atoms with E-state index < -0.39 is 0 Å². The van der Waals surface area contributed by atoms with E-state index in [2.05, 4.69) is 52.7 Å². The predicted octanol–water partition coefficient (Wildman–Crippen LogP) is 2.51. The second-order valence-corrected chi connectivity index (χ2v) is 7.50. The van der Waals surface area contributed by atoms with Crippen LogP contribution in [-0.2, 0) is 23.0 Å². The monoisotopic (exact) mass is 382 g/mol. The molecule has 1 aromatic heterocycles. The SMILES string of the molecule is Cn1c(Cc2cccc3ccccc23)nnc1SCC(=O)N1CCOCC1. The van der Waals surface area contributed by atoms with Crippen LogP contribution in [0.1, 0.15) is 11.4 Å². The number of morpholine rings is 1. The van der Waals surface area contributed by atoms with Crippen molar-refractivity contribution in [2.45, 2.75) is 11.6 Å². The van der Waals surface area contributed by atoms with E-state index >= 15 is 0 Å². The first-order valence-electron chi connectivity index (χ1n) is 9.05. The molecule has 1 fully saturated rings. The number of nitrogens with zero attached hydrogens (tertiary/aromatic N) is 4. The van der Waals surface area contributed by atoms with Gasteiger partial charge in [-0.2, -0.15) is 0 Å². The van der Waals surface area contributed by atoms with Gasteiger partial charge in [0.2, 0.25) is 5.91 Å². The Morgan fingerprint density at radius 2 is 1.89 bits per heavy atom. The van der Waals surface area contributed by atoms with E-state index in [1.165, 1.54) is 28.1 Å². The minimum atomic E-state index is 0.127. The molecule has 7 heteroatoms. The molecule has 1 amide bonds. The number of carbonyl (C=O) groups excluding carboxylic acids is 1. The Morgan fingerprint density at radius 1 is 1.11 bits per heavy atom. The Morgan fingerprint density at radius 3 is 2.74 bits per heavy atom. The fraction of sp³-hybridized carbons (Fsp3) is 0.350. The van der Waals surface area contributed by atoms with Crippen LogP contribution in [0.15, 0.2) is 47.6 Å². The molecule has 0 spiro atoms. The molecule has 27 heavy (non-hydrogen) atoms. The van der Waals surface area contributed by atoms with E-state index in [-0.39, 0.29) is 5.91 Å². The van der Waals surface area contributed by atoms with Gasteiger partial charge in [-0.25, -0.2) is 0 Å². The minimum Gasteiger partial charge on any atom is -0.378 e. The van der Waals surface area contributed by atoms with E-state index in [9.17, 15) is 4.79 Å². The fourth-order valence-corrected chi connectivity index (χ4v) is 4.10. The van der Waals surface area contributed by atoms with Crippen LogP contribution < -0.4 is 0 Å². The van der Waals surface area contributed by atoms with Crippen LogP contribution in [0.2, 0.25) is 0 Å². The maximum absolute atomic E-state index is 12.3. The number of benzene rings is 2. The number of fused-ring (bicyclic) bond motifs is 1. The summed E-state index contributed by atoms with van der Waals surface area (Å²) in [5.41, 5.74) is 1.23. The summed E-state index contributed by atoms with van der Waals surface area (Å²) >= 11 is 1.44. The summed E-state index contributed by atoms with van der Waals surface area (Å²) < 4.78 is 7.28. The molecule has 4 rings (SSSR count). The molecular weight excluding hydrogens is 360 g/mol. The normalized spacial score (nSPS) is 14.6. The van der Waals surface area contributed by atoms with Crippen molar-refractivity contribution in [3.05, 3.63) is 53.9 Å². The Labute approximate surface area is 162 Å². The highest BCUT2D eigenvalue weighted by Crippen LogP contribution is 2.22. The fourth-order valence-electron chi connectivity index (χ4n) is 3.27. The van der Waals surface area contributed by atoms with Gasteiger partial charge in [0, 0.05) is 26.6 Å². The number of ether oxygens (including phenoxy) is 1. The average Bonchev–Trinajstić information content (AvgIpc) is 3.06. The molecule has 1 aliphatic heterocycles. The Balaban J connectivity index is 1.45. The van der Waals surface area contributed by atoms with Gasteiger partial charge in [0.1, 0.15) is 5.82 Å². The van der Waals surface area contributed by atoms with Gasteiger partial charge in [0.05, 0.1) is 19.0 Å². The van der Waals surface area contributed by atoms with Crippen molar-refractivity contribution in [2.75, 3.05) is 32.1 Å². The van der Waals surface area contributed by atoms with Crippen LogP contribution in [0.5, 0.6) is 0 Å². The molecule has 0 radical (unpaired) electrons. The van der Waals surface area contributed by atoms with Crippen LogP contribution >= 0.6 is 11.8 Å². The van der Waals surface area contributed by atoms with Crippen molar-refractivity contribution in [2.24, 2.45) is 7.05 Å². The highest BCUT2D eigenvalue weighted by atomic mass is 32.2. The molecule has 0 saturated carbocycles. The second-order valence-electron chi connectivity index (χ2n) is 6.55. The lowest BCUT2D eigenvalue weighted by molar-refractivity contribution is -0.132. The van der Waals surface area contributed by atoms with E-state index in [0.717, 1.165) is 11.0 Å². The topological polar surface area (TPSA) is 60.2 Å². The van der Waals surface area contributed by atoms with Crippen LogP contribution in [0.4, 0.5) is 0 Å². The molecule has 2 heterocycles. The average molecular weight is 382 g/mol. The van der Waals surface area contributed by atoms with Crippen LogP contribution in [0.25, 0.3) is 10.8 Å². The van der Waals surface area contributed by atoms with Gasteiger partial charge in [0.25, 0.3) is 0 Å². The molecular formula is C20H22N4O2S. The molecule has 1 saturated heterocycles. The summed E-state index contributed by atoms with van der Waals surface area (Å²) in [6, 6.07) is 14.7. The number of hydrogen-bond acceptors (Lipinski definition) is 5. The van der Waals surface area contributed by atoms with Gasteiger partial charge in [-0.1, -0.05) is 54.2 Å². The maximum Gasteiger partial charge on any atom is 0.233 e. The zero-order valence-corrected chi connectivity index (χ0v) is 16.1. The molecule has 6 nitrogen and oxygen atoms in total. The molecule has 0 atom stereocenters. The van der Waals surface area contributed by atoms with Gasteiger partial charge in [-0.05, 0) is 16.3 Å². The standard InChI is InChI=1S/C20H22N4O2S/c1-23-18(13-16-7-4-6-15-5-2-3-8-17(15)16)21-22-20(23)27-14-19(25)24-9-11-26-12-10-24/h2-8H,9-14H2,1H3. The van der Waals surface area contributed by atoms with E-state index in [1.54, 1.807) is 0 Å². The third kappa shape index (κ3) is 3.99. The Hall–Kier alpha value is -2.38. The number of rotatable bonds is 5. The van der Waals surface area contributed by atoms with Crippen LogP contribution in [-0.4, -0.2) is 57.6 Å². The van der Waals surface area contributed by atoms with Gasteiger partial charge >= 0.3 is 0 Å². The predicted molar refractivity (Wildman–Crippen MR) is 106 cm³/mol. The molecule has 0 unspecified atom stereocenters. The number of amides is 1. The summed E-state index contributed by atoms with van der Waals surface area (Å²) in [5.74, 6) is 1.40. The highest BCUT2D eigenvalue weighted by Gasteiger charge is 2.18. The minimum absolute atomic E-state index is 0.127. The molecule has 0 N–H and O–H groups in total. The summed E-state index contributed by atoms with van der Waals surface area (Å²) in [6.45, 7) is 2.58. The second kappa shape index (κ2) is 8.10. The number of aromatic nitrogens is 3. The number of hydrogen-bond donors (Lipinski definition) is 0. The zero-order valence-electron chi connectivity index (χ0n) is 15.3. The van der Waals surface area contributed by atoms with Crippen molar-refractivity contribution < 1.29 is 9.53 Å². The number of carbonyl (C=O) groups is 1. The van der Waals surface area contributed by atoms with Crippen molar-refractivity contribution in [1.82, 2.24) is 19.7 Å². The van der Waals surface area contributed by atoms with Gasteiger partial charge in [0.15, 0.2) is 5.16 Å². The lowest BCUT2D eigenvalue weighted by Gasteiger charge is -2.26. The van der Waals surface area contributed by atoms with Crippen molar-refractivity contribution in [1.29, 1.82) is 0 Å². The van der Waals surface area contributed by atoms with Crippen LogP contribution in [0, 0.1) is 0 Å². The largest absolute Gasteiger partial charge is 0.378 e. The maximum atomic E-state index is 12.3. The first kappa shape index (κ1) is 18.0. The Bertz CT molecular complexity index is 945. The highest BCUT2D eigenvalue weighted by molar-refractivity contribution is 7.99. The van der Waals surface area contributed by atoms with Gasteiger partial charge < -0.3 is 14.2 Å². The molecule has 3 aromatic rings.